The number of carbonyl (C=O) groups is 2. The standard InChI is InChI=1S/C13H14ClNO2/c14-7-1-2-12(16)10-3-5-11-9(8-10)4-6-13(17)15-11/h3,5,8H,1-2,4,6-7H2,(H,15,17). The smallest absolute Gasteiger partial charge is 0.224 e. The molecule has 1 aromatic carbocycles. The molecule has 0 aromatic heterocycles. The maximum atomic E-state index is 11.8. The monoisotopic (exact) mass is 251 g/mol. The van der Waals surface area contributed by atoms with Crippen LogP contribution in [0.1, 0.15) is 35.2 Å². The van der Waals surface area contributed by atoms with Crippen LogP contribution in [0, 0.1) is 0 Å². The Morgan fingerprint density at radius 1 is 1.35 bits per heavy atom. The summed E-state index contributed by atoms with van der Waals surface area (Å²) in [7, 11) is 0. The minimum atomic E-state index is 0.0405. The molecule has 1 aliphatic heterocycles. The lowest BCUT2D eigenvalue weighted by molar-refractivity contribution is -0.116. The maximum absolute atomic E-state index is 11.8. The van der Waals surface area contributed by atoms with Gasteiger partial charge in [0.05, 0.1) is 0 Å². The number of fused-ring (bicyclic) bond motifs is 1. The number of amides is 1. The summed E-state index contributed by atoms with van der Waals surface area (Å²) in [4.78, 5) is 23.0. The molecule has 4 heteroatoms. The highest BCUT2D eigenvalue weighted by Crippen LogP contribution is 2.24. The fraction of sp³-hybridized carbons (Fsp3) is 0.385. The van der Waals surface area contributed by atoms with Crippen molar-refractivity contribution in [3.05, 3.63) is 29.3 Å². The van der Waals surface area contributed by atoms with Crippen molar-refractivity contribution in [2.24, 2.45) is 0 Å². The van der Waals surface area contributed by atoms with Crippen molar-refractivity contribution in [2.75, 3.05) is 11.2 Å². The zero-order chi connectivity index (χ0) is 12.3. The molecular formula is C13H14ClNO2. The van der Waals surface area contributed by atoms with E-state index in [-0.39, 0.29) is 11.7 Å². The van der Waals surface area contributed by atoms with Crippen molar-refractivity contribution in [3.63, 3.8) is 0 Å². The average molecular weight is 252 g/mol. The molecule has 0 unspecified atom stereocenters. The average Bonchev–Trinajstić information content (AvgIpc) is 2.35. The molecule has 2 rings (SSSR count). The van der Waals surface area contributed by atoms with Crippen molar-refractivity contribution in [1.82, 2.24) is 0 Å². The first-order valence-corrected chi connectivity index (χ1v) is 6.26. The van der Waals surface area contributed by atoms with Crippen molar-refractivity contribution in [1.29, 1.82) is 0 Å². The summed E-state index contributed by atoms with van der Waals surface area (Å²) in [6.07, 6.45) is 2.38. The summed E-state index contributed by atoms with van der Waals surface area (Å²) in [5, 5.41) is 2.80. The quantitative estimate of drug-likeness (QED) is 0.661. The van der Waals surface area contributed by atoms with Crippen LogP contribution in [0.5, 0.6) is 0 Å². The summed E-state index contributed by atoms with van der Waals surface area (Å²) in [5.74, 6) is 0.663. The molecule has 17 heavy (non-hydrogen) atoms. The van der Waals surface area contributed by atoms with E-state index in [2.05, 4.69) is 5.32 Å². The number of halogens is 1. The Balaban J connectivity index is 2.16. The zero-order valence-corrected chi connectivity index (χ0v) is 10.2. The van der Waals surface area contributed by atoms with Crippen molar-refractivity contribution in [3.8, 4) is 0 Å². The van der Waals surface area contributed by atoms with Gasteiger partial charge in [-0.05, 0) is 36.6 Å². The van der Waals surface area contributed by atoms with Crippen LogP contribution in [0.2, 0.25) is 0 Å². The molecule has 1 amide bonds. The number of nitrogens with one attached hydrogen (secondary N) is 1. The molecule has 1 aromatic rings. The molecular weight excluding hydrogens is 238 g/mol. The van der Waals surface area contributed by atoms with Gasteiger partial charge in [0.25, 0.3) is 0 Å². The molecule has 1 N–H and O–H groups in total. The summed E-state index contributed by atoms with van der Waals surface area (Å²) < 4.78 is 0. The molecule has 0 spiro atoms. The molecule has 1 aliphatic rings. The van der Waals surface area contributed by atoms with Crippen molar-refractivity contribution >= 4 is 29.0 Å². The lowest BCUT2D eigenvalue weighted by atomic mass is 9.97. The highest BCUT2D eigenvalue weighted by Gasteiger charge is 2.16. The van der Waals surface area contributed by atoms with Crippen LogP contribution in [-0.2, 0) is 11.2 Å². The number of anilines is 1. The molecule has 0 saturated carbocycles. The Bertz CT molecular complexity index is 457. The van der Waals surface area contributed by atoms with Gasteiger partial charge in [-0.2, -0.15) is 0 Å². The molecule has 3 nitrogen and oxygen atoms in total. The van der Waals surface area contributed by atoms with E-state index < -0.39 is 0 Å². The molecule has 90 valence electrons. The van der Waals surface area contributed by atoms with Gasteiger partial charge in [-0.1, -0.05) is 0 Å². The second-order valence-corrected chi connectivity index (χ2v) is 4.51. The van der Waals surface area contributed by atoms with Crippen LogP contribution >= 0.6 is 11.6 Å². The lowest BCUT2D eigenvalue weighted by Crippen LogP contribution is -2.19. The summed E-state index contributed by atoms with van der Waals surface area (Å²) >= 11 is 5.56. The number of aryl methyl sites for hydroxylation is 1. The van der Waals surface area contributed by atoms with Crippen LogP contribution in [0.15, 0.2) is 18.2 Å². The van der Waals surface area contributed by atoms with Gasteiger partial charge in [0.15, 0.2) is 5.78 Å². The topological polar surface area (TPSA) is 46.2 Å². The normalized spacial score (nSPS) is 14.1. The fourth-order valence-electron chi connectivity index (χ4n) is 1.93. The summed E-state index contributed by atoms with van der Waals surface area (Å²) in [6, 6.07) is 5.45. The van der Waals surface area contributed by atoms with E-state index in [1.165, 1.54) is 0 Å². The number of hydrogen-bond donors (Lipinski definition) is 1. The maximum Gasteiger partial charge on any atom is 0.224 e. The van der Waals surface area contributed by atoms with Crippen molar-refractivity contribution < 1.29 is 9.59 Å². The highest BCUT2D eigenvalue weighted by atomic mass is 35.5. The molecule has 0 radical (unpaired) electrons. The Kier molecular flexibility index (Phi) is 3.79. The van der Waals surface area contributed by atoms with Gasteiger partial charge in [-0.15, -0.1) is 11.6 Å². The Morgan fingerprint density at radius 3 is 2.94 bits per heavy atom. The van der Waals surface area contributed by atoms with E-state index in [4.69, 9.17) is 11.6 Å². The number of Topliss-reactive ketones (excluding diaryl/α,β-unsaturated/α-hetero) is 1. The Labute approximate surface area is 105 Å². The van der Waals surface area contributed by atoms with Crippen molar-refractivity contribution in [2.45, 2.75) is 25.7 Å². The molecule has 0 saturated heterocycles. The second-order valence-electron chi connectivity index (χ2n) is 4.14. The third-order valence-corrected chi connectivity index (χ3v) is 3.13. The molecule has 0 atom stereocenters. The zero-order valence-electron chi connectivity index (χ0n) is 9.46. The third kappa shape index (κ3) is 2.86. The molecule has 0 fully saturated rings. The van der Waals surface area contributed by atoms with Gasteiger partial charge in [0.1, 0.15) is 0 Å². The Hall–Kier alpha value is -1.35. The number of hydrogen-bond acceptors (Lipinski definition) is 2. The van der Waals surface area contributed by atoms with Gasteiger partial charge in [-0.3, -0.25) is 9.59 Å². The van der Waals surface area contributed by atoms with E-state index in [1.54, 1.807) is 12.1 Å². The molecule has 1 heterocycles. The number of rotatable bonds is 4. The van der Waals surface area contributed by atoms with E-state index in [9.17, 15) is 9.59 Å². The van der Waals surface area contributed by atoms with Gasteiger partial charge in [0, 0.05) is 30.0 Å². The minimum Gasteiger partial charge on any atom is -0.326 e. The van der Waals surface area contributed by atoms with Crippen LogP contribution in [0.4, 0.5) is 5.69 Å². The van der Waals surface area contributed by atoms with E-state index in [0.29, 0.717) is 37.1 Å². The fourth-order valence-corrected chi connectivity index (χ4v) is 2.06. The van der Waals surface area contributed by atoms with E-state index >= 15 is 0 Å². The van der Waals surface area contributed by atoms with Gasteiger partial charge in [-0.25, -0.2) is 0 Å². The number of ketones is 1. The Morgan fingerprint density at radius 2 is 2.18 bits per heavy atom. The van der Waals surface area contributed by atoms with E-state index in [1.807, 2.05) is 6.07 Å². The second kappa shape index (κ2) is 5.32. The van der Waals surface area contributed by atoms with Crippen LogP contribution in [-0.4, -0.2) is 17.6 Å². The van der Waals surface area contributed by atoms with Gasteiger partial charge >= 0.3 is 0 Å². The molecule has 0 aliphatic carbocycles. The third-order valence-electron chi connectivity index (χ3n) is 2.86. The number of benzene rings is 1. The summed E-state index contributed by atoms with van der Waals surface area (Å²) in [6.45, 7) is 0. The van der Waals surface area contributed by atoms with Gasteiger partial charge < -0.3 is 5.32 Å². The summed E-state index contributed by atoms with van der Waals surface area (Å²) in [5.41, 5.74) is 2.58. The number of carbonyl (C=O) groups excluding carboxylic acids is 2. The SMILES string of the molecule is O=C1CCc2cc(C(=O)CCCCl)ccc2N1. The first-order chi connectivity index (χ1) is 8.20. The van der Waals surface area contributed by atoms with E-state index in [0.717, 1.165) is 11.3 Å². The highest BCUT2D eigenvalue weighted by molar-refractivity contribution is 6.18. The molecule has 0 bridgehead atoms. The largest absolute Gasteiger partial charge is 0.326 e. The van der Waals surface area contributed by atoms with Gasteiger partial charge in [0.2, 0.25) is 5.91 Å². The first kappa shape index (κ1) is 12.1. The number of alkyl halides is 1. The predicted molar refractivity (Wildman–Crippen MR) is 67.7 cm³/mol. The van der Waals surface area contributed by atoms with Crippen LogP contribution in [0.25, 0.3) is 0 Å². The van der Waals surface area contributed by atoms with Crippen LogP contribution in [0.3, 0.4) is 0 Å². The predicted octanol–water partition coefficient (Wildman–Crippen LogP) is 2.77. The first-order valence-electron chi connectivity index (χ1n) is 5.72. The van der Waals surface area contributed by atoms with Crippen LogP contribution < -0.4 is 5.32 Å². The minimum absolute atomic E-state index is 0.0405. The lowest BCUT2D eigenvalue weighted by Gasteiger charge is -2.17.